The smallest absolute Gasteiger partial charge is 0.227 e. The zero-order valence-electron chi connectivity index (χ0n) is 16.5. The van der Waals surface area contributed by atoms with Crippen molar-refractivity contribution in [1.29, 1.82) is 0 Å². The highest BCUT2D eigenvalue weighted by Gasteiger charge is 2.40. The van der Waals surface area contributed by atoms with E-state index in [9.17, 15) is 4.79 Å². The molecule has 7 heteroatoms. The molecule has 1 N–H and O–H groups in total. The summed E-state index contributed by atoms with van der Waals surface area (Å²) in [6, 6.07) is 8.38. The first-order valence-corrected chi connectivity index (χ1v) is 9.79. The van der Waals surface area contributed by atoms with Crippen molar-refractivity contribution in [3.05, 3.63) is 47.8 Å². The molecule has 1 aromatic carbocycles. The minimum Gasteiger partial charge on any atom is -0.496 e. The summed E-state index contributed by atoms with van der Waals surface area (Å²) in [6.07, 6.45) is 6.92. The molecule has 2 aliphatic heterocycles. The number of aromatic nitrogens is 2. The third-order valence-corrected chi connectivity index (χ3v) is 5.99. The Labute approximate surface area is 172 Å². The first kappa shape index (κ1) is 20.7. The fourth-order valence-electron chi connectivity index (χ4n) is 4.60. The number of aryl methyl sites for hydroxylation is 1. The Hall–Kier alpha value is -2.05. The molecule has 3 atom stereocenters. The van der Waals surface area contributed by atoms with Gasteiger partial charge in [0.15, 0.2) is 0 Å². The van der Waals surface area contributed by atoms with Crippen LogP contribution in [-0.4, -0.2) is 53.4 Å². The van der Waals surface area contributed by atoms with Crippen LogP contribution in [0.3, 0.4) is 0 Å². The van der Waals surface area contributed by atoms with Gasteiger partial charge in [0, 0.05) is 44.8 Å². The summed E-state index contributed by atoms with van der Waals surface area (Å²) < 4.78 is 7.32. The van der Waals surface area contributed by atoms with E-state index in [-0.39, 0.29) is 36.2 Å². The lowest BCUT2D eigenvalue weighted by Crippen LogP contribution is -2.42. The number of likely N-dealkylation sites (tertiary alicyclic amines) is 1. The highest BCUT2D eigenvalue weighted by molar-refractivity contribution is 5.85. The van der Waals surface area contributed by atoms with Gasteiger partial charge in [-0.15, -0.1) is 12.4 Å². The number of para-hydroxylation sites is 1. The van der Waals surface area contributed by atoms with E-state index in [0.29, 0.717) is 0 Å². The molecule has 1 unspecified atom stereocenters. The predicted molar refractivity (Wildman–Crippen MR) is 111 cm³/mol. The molecule has 3 heterocycles. The van der Waals surface area contributed by atoms with E-state index in [1.54, 1.807) is 7.11 Å². The summed E-state index contributed by atoms with van der Waals surface area (Å²) >= 11 is 0. The van der Waals surface area contributed by atoms with Crippen molar-refractivity contribution in [3.8, 4) is 5.75 Å². The number of amides is 1. The van der Waals surface area contributed by atoms with Crippen LogP contribution < -0.4 is 10.1 Å². The highest BCUT2D eigenvalue weighted by atomic mass is 35.5. The van der Waals surface area contributed by atoms with E-state index < -0.39 is 0 Å². The Morgan fingerprint density at radius 3 is 2.89 bits per heavy atom. The second kappa shape index (κ2) is 8.97. The molecule has 0 aliphatic carbocycles. The van der Waals surface area contributed by atoms with Gasteiger partial charge in [0.2, 0.25) is 5.91 Å². The number of hydrogen-bond donors (Lipinski definition) is 1. The third kappa shape index (κ3) is 4.03. The van der Waals surface area contributed by atoms with Crippen molar-refractivity contribution >= 4 is 18.3 Å². The van der Waals surface area contributed by atoms with Crippen molar-refractivity contribution in [2.24, 2.45) is 13.0 Å². The third-order valence-electron chi connectivity index (χ3n) is 5.99. The molecule has 1 aromatic heterocycles. The summed E-state index contributed by atoms with van der Waals surface area (Å²) in [5.74, 6) is 1.39. The second-order valence-corrected chi connectivity index (χ2v) is 7.66. The van der Waals surface area contributed by atoms with Crippen LogP contribution in [0.25, 0.3) is 0 Å². The Morgan fingerprint density at radius 2 is 2.14 bits per heavy atom. The van der Waals surface area contributed by atoms with Gasteiger partial charge in [-0.25, -0.2) is 0 Å². The SMILES string of the molecule is COc1ccccc1CC1CCCN1C(=O)[C@H]1CNC[C@@H]1c1cnn(C)c1.Cl. The van der Waals surface area contributed by atoms with Gasteiger partial charge in [-0.05, 0) is 36.5 Å². The maximum atomic E-state index is 13.4. The second-order valence-electron chi connectivity index (χ2n) is 7.66. The minimum absolute atomic E-state index is 0. The van der Waals surface area contributed by atoms with Crippen LogP contribution in [0, 0.1) is 5.92 Å². The molecule has 0 saturated carbocycles. The summed E-state index contributed by atoms with van der Waals surface area (Å²) in [4.78, 5) is 15.5. The maximum Gasteiger partial charge on any atom is 0.227 e. The molecule has 1 amide bonds. The Morgan fingerprint density at radius 1 is 1.32 bits per heavy atom. The lowest BCUT2D eigenvalue weighted by atomic mass is 9.89. The number of benzene rings is 1. The number of methoxy groups -OCH3 is 1. The lowest BCUT2D eigenvalue weighted by molar-refractivity contribution is -0.136. The average Bonchev–Trinajstić information content (AvgIpc) is 3.42. The maximum absolute atomic E-state index is 13.4. The van der Waals surface area contributed by atoms with Crippen molar-refractivity contribution in [1.82, 2.24) is 20.0 Å². The number of ether oxygens (including phenoxy) is 1. The average molecular weight is 405 g/mol. The molecule has 2 saturated heterocycles. The van der Waals surface area contributed by atoms with Crippen LogP contribution in [0.1, 0.15) is 29.9 Å². The van der Waals surface area contributed by atoms with Crippen molar-refractivity contribution in [2.75, 3.05) is 26.7 Å². The first-order chi connectivity index (χ1) is 13.2. The quantitative estimate of drug-likeness (QED) is 0.831. The van der Waals surface area contributed by atoms with E-state index in [0.717, 1.165) is 50.2 Å². The van der Waals surface area contributed by atoms with Crippen LogP contribution in [0.2, 0.25) is 0 Å². The van der Waals surface area contributed by atoms with Crippen molar-refractivity contribution in [3.63, 3.8) is 0 Å². The summed E-state index contributed by atoms with van der Waals surface area (Å²) in [5.41, 5.74) is 2.33. The Balaban J connectivity index is 0.00000225. The normalized spacial score (nSPS) is 24.2. The van der Waals surface area contributed by atoms with Crippen molar-refractivity contribution < 1.29 is 9.53 Å². The van der Waals surface area contributed by atoms with Gasteiger partial charge in [-0.1, -0.05) is 18.2 Å². The van der Waals surface area contributed by atoms with Gasteiger partial charge in [-0.3, -0.25) is 9.48 Å². The molecule has 4 rings (SSSR count). The summed E-state index contributed by atoms with van der Waals surface area (Å²) in [6.45, 7) is 2.44. The summed E-state index contributed by atoms with van der Waals surface area (Å²) in [7, 11) is 3.63. The standard InChI is InChI=1S/C21H28N4O2.ClH/c1-24-14-16(11-23-24)18-12-22-13-19(18)21(26)25-9-5-7-17(25)10-15-6-3-4-8-20(15)27-2;/h3-4,6,8,11,14,17-19,22H,5,7,9-10,12-13H2,1-2H3;1H/t17?,18-,19+;/m1./s1. The molecular formula is C21H29ClN4O2. The largest absolute Gasteiger partial charge is 0.496 e. The molecule has 2 fully saturated rings. The van der Waals surface area contributed by atoms with Crippen LogP contribution in [0.4, 0.5) is 0 Å². The molecule has 2 aliphatic rings. The van der Waals surface area contributed by atoms with Gasteiger partial charge in [0.05, 0.1) is 19.2 Å². The van der Waals surface area contributed by atoms with E-state index in [1.165, 1.54) is 5.56 Å². The number of nitrogens with zero attached hydrogens (tertiary/aromatic N) is 3. The molecule has 0 radical (unpaired) electrons. The number of carbonyl (C=O) groups is 1. The zero-order chi connectivity index (χ0) is 18.8. The van der Waals surface area contributed by atoms with Crippen LogP contribution in [0.5, 0.6) is 5.75 Å². The molecule has 6 nitrogen and oxygen atoms in total. The number of halogens is 1. The van der Waals surface area contributed by atoms with E-state index >= 15 is 0 Å². The molecule has 0 bridgehead atoms. The predicted octanol–water partition coefficient (Wildman–Crippen LogP) is 2.39. The van der Waals surface area contributed by atoms with Crippen LogP contribution in [0.15, 0.2) is 36.7 Å². The number of carbonyl (C=O) groups excluding carboxylic acids is 1. The van der Waals surface area contributed by atoms with Crippen LogP contribution >= 0.6 is 12.4 Å². The van der Waals surface area contributed by atoms with E-state index in [2.05, 4.69) is 21.4 Å². The van der Waals surface area contributed by atoms with Gasteiger partial charge in [0.25, 0.3) is 0 Å². The van der Waals surface area contributed by atoms with Crippen molar-refractivity contribution in [2.45, 2.75) is 31.2 Å². The van der Waals surface area contributed by atoms with Gasteiger partial charge >= 0.3 is 0 Å². The molecule has 0 spiro atoms. The van der Waals surface area contributed by atoms with Gasteiger partial charge in [-0.2, -0.15) is 5.10 Å². The number of rotatable bonds is 5. The molecular weight excluding hydrogens is 376 g/mol. The Bertz CT molecular complexity index is 809. The van der Waals surface area contributed by atoms with Gasteiger partial charge in [0.1, 0.15) is 5.75 Å². The lowest BCUT2D eigenvalue weighted by Gasteiger charge is -2.29. The van der Waals surface area contributed by atoms with E-state index in [1.807, 2.05) is 42.3 Å². The highest BCUT2D eigenvalue weighted by Crippen LogP contribution is 2.33. The topological polar surface area (TPSA) is 59.4 Å². The summed E-state index contributed by atoms with van der Waals surface area (Å²) in [5, 5.41) is 7.71. The molecule has 152 valence electrons. The monoisotopic (exact) mass is 404 g/mol. The zero-order valence-corrected chi connectivity index (χ0v) is 17.3. The number of hydrogen-bond acceptors (Lipinski definition) is 4. The fraction of sp³-hybridized carbons (Fsp3) is 0.524. The fourth-order valence-corrected chi connectivity index (χ4v) is 4.60. The minimum atomic E-state index is -0.00697. The molecule has 28 heavy (non-hydrogen) atoms. The van der Waals surface area contributed by atoms with Gasteiger partial charge < -0.3 is 15.0 Å². The first-order valence-electron chi connectivity index (χ1n) is 9.79. The number of nitrogens with one attached hydrogen (secondary N) is 1. The molecule has 2 aromatic rings. The Kier molecular flexibility index (Phi) is 6.62. The van der Waals surface area contributed by atoms with E-state index in [4.69, 9.17) is 4.74 Å². The van der Waals surface area contributed by atoms with Crippen LogP contribution in [-0.2, 0) is 18.3 Å².